The van der Waals surface area contributed by atoms with Crippen LogP contribution in [0, 0.1) is 0 Å². The van der Waals surface area contributed by atoms with E-state index in [0.29, 0.717) is 13.0 Å². The number of hydrogen-bond acceptors (Lipinski definition) is 4. The molecule has 0 radical (unpaired) electrons. The van der Waals surface area contributed by atoms with Crippen molar-refractivity contribution in [2.45, 2.75) is 39.4 Å². The Hall–Kier alpha value is -2.76. The van der Waals surface area contributed by atoms with Gasteiger partial charge in [-0.25, -0.2) is 19.6 Å². The maximum absolute atomic E-state index is 12.6. The summed E-state index contributed by atoms with van der Waals surface area (Å²) in [4.78, 5) is 25.2. The molecule has 0 atom stereocenters. The fourth-order valence-corrected chi connectivity index (χ4v) is 2.43. The third-order valence-electron chi connectivity index (χ3n) is 3.65. The van der Waals surface area contributed by atoms with Crippen molar-refractivity contribution in [1.82, 2.24) is 10.0 Å². The lowest BCUT2D eigenvalue weighted by Gasteiger charge is -2.34. The predicted octanol–water partition coefficient (Wildman–Crippen LogP) is 4.29. The second kappa shape index (κ2) is 8.56. The molecule has 0 N–H and O–H groups in total. The van der Waals surface area contributed by atoms with Gasteiger partial charge in [0.1, 0.15) is 12.2 Å². The molecule has 0 spiro atoms. The Kier molecular flexibility index (Phi) is 6.44. The summed E-state index contributed by atoms with van der Waals surface area (Å²) in [5, 5.41) is 2.57. The van der Waals surface area contributed by atoms with Crippen LogP contribution in [0.4, 0.5) is 9.59 Å². The van der Waals surface area contributed by atoms with Gasteiger partial charge in [-0.1, -0.05) is 49.1 Å². The molecule has 0 unspecified atom stereocenters. The van der Waals surface area contributed by atoms with Crippen LogP contribution in [0.3, 0.4) is 0 Å². The van der Waals surface area contributed by atoms with Crippen molar-refractivity contribution < 1.29 is 19.1 Å². The summed E-state index contributed by atoms with van der Waals surface area (Å²) < 4.78 is 10.8. The maximum atomic E-state index is 12.6. The van der Waals surface area contributed by atoms with Crippen LogP contribution >= 0.6 is 0 Å². The normalized spacial score (nSPS) is 15.0. The molecule has 140 valence electrons. The first-order valence-corrected chi connectivity index (χ1v) is 8.60. The van der Waals surface area contributed by atoms with E-state index in [1.807, 2.05) is 36.4 Å². The summed E-state index contributed by atoms with van der Waals surface area (Å²) in [7, 11) is 0. The molecule has 0 saturated carbocycles. The van der Waals surface area contributed by atoms with E-state index >= 15 is 0 Å². The number of benzene rings is 1. The lowest BCUT2D eigenvalue weighted by molar-refractivity contribution is -0.0419. The topological polar surface area (TPSA) is 59.1 Å². The van der Waals surface area contributed by atoms with Crippen LogP contribution < -0.4 is 0 Å². The molecule has 1 heterocycles. The highest BCUT2D eigenvalue weighted by molar-refractivity contribution is 5.75. The molecule has 2 rings (SSSR count). The first-order chi connectivity index (χ1) is 12.3. The molecule has 1 aromatic carbocycles. The number of carbonyl (C=O) groups excluding carboxylic acids is 2. The molecule has 0 bridgehead atoms. The minimum atomic E-state index is -0.666. The zero-order chi connectivity index (χ0) is 19.2. The largest absolute Gasteiger partial charge is 0.443 e. The first-order valence-electron chi connectivity index (χ1n) is 8.60. The van der Waals surface area contributed by atoms with Crippen LogP contribution in [0.1, 0.15) is 32.8 Å². The van der Waals surface area contributed by atoms with Gasteiger partial charge in [0, 0.05) is 6.54 Å². The number of nitrogens with zero attached hydrogens (tertiary/aromatic N) is 2. The Balaban J connectivity index is 2.12. The molecule has 1 aliphatic heterocycles. The number of hydrazine groups is 1. The van der Waals surface area contributed by atoms with Crippen molar-refractivity contribution in [3.05, 3.63) is 60.2 Å². The van der Waals surface area contributed by atoms with E-state index in [2.05, 4.69) is 6.58 Å². The minimum absolute atomic E-state index is 0.139. The van der Waals surface area contributed by atoms with Gasteiger partial charge in [0.05, 0.1) is 6.54 Å². The Morgan fingerprint density at radius 1 is 1.15 bits per heavy atom. The zero-order valence-corrected chi connectivity index (χ0v) is 15.6. The van der Waals surface area contributed by atoms with Crippen LogP contribution in [0.15, 0.2) is 54.6 Å². The van der Waals surface area contributed by atoms with E-state index in [0.717, 1.165) is 11.1 Å². The smallest absolute Gasteiger partial charge is 0.429 e. The van der Waals surface area contributed by atoms with Gasteiger partial charge in [0.25, 0.3) is 0 Å². The van der Waals surface area contributed by atoms with Gasteiger partial charge in [0.15, 0.2) is 0 Å². The van der Waals surface area contributed by atoms with Gasteiger partial charge in [0.2, 0.25) is 0 Å². The Morgan fingerprint density at radius 3 is 2.46 bits per heavy atom. The summed E-state index contributed by atoms with van der Waals surface area (Å²) in [5.74, 6) is 0. The zero-order valence-electron chi connectivity index (χ0n) is 15.6. The van der Waals surface area contributed by atoms with Crippen molar-refractivity contribution in [2.75, 3.05) is 13.1 Å². The van der Waals surface area contributed by atoms with Gasteiger partial charge in [-0.2, -0.15) is 0 Å². The molecule has 26 heavy (non-hydrogen) atoms. The number of carbonyl (C=O) groups is 2. The first kappa shape index (κ1) is 19.6. The summed E-state index contributed by atoms with van der Waals surface area (Å²) in [6.45, 7) is 9.78. The van der Waals surface area contributed by atoms with Crippen LogP contribution in [0.5, 0.6) is 0 Å². The molecule has 1 aliphatic rings. The molecular weight excluding hydrogens is 332 g/mol. The predicted molar refractivity (Wildman–Crippen MR) is 99.2 cm³/mol. The van der Waals surface area contributed by atoms with Gasteiger partial charge >= 0.3 is 12.2 Å². The van der Waals surface area contributed by atoms with Gasteiger partial charge in [-0.3, -0.25) is 0 Å². The third-order valence-corrected chi connectivity index (χ3v) is 3.65. The molecular formula is C20H26N2O4. The molecule has 2 amide bonds. The highest BCUT2D eigenvalue weighted by atomic mass is 16.6. The number of amides is 2. The molecule has 1 aromatic rings. The second-order valence-corrected chi connectivity index (χ2v) is 6.97. The number of rotatable bonds is 3. The van der Waals surface area contributed by atoms with Crippen LogP contribution in [0.2, 0.25) is 0 Å². The lowest BCUT2D eigenvalue weighted by atomic mass is 10.2. The highest BCUT2D eigenvalue weighted by Gasteiger charge is 2.32. The molecule has 6 heteroatoms. The van der Waals surface area contributed by atoms with E-state index in [4.69, 9.17) is 9.47 Å². The summed E-state index contributed by atoms with van der Waals surface area (Å²) in [6.07, 6.45) is 3.05. The minimum Gasteiger partial charge on any atom is -0.443 e. The maximum Gasteiger partial charge on any atom is 0.429 e. The number of ether oxygens (including phenoxy) is 2. The van der Waals surface area contributed by atoms with Crippen LogP contribution in [-0.2, 0) is 16.1 Å². The average Bonchev–Trinajstić information content (AvgIpc) is 2.81. The molecule has 0 fully saturated rings. The Bertz CT molecular complexity index is 677. The van der Waals surface area contributed by atoms with E-state index in [-0.39, 0.29) is 13.2 Å². The van der Waals surface area contributed by atoms with Crippen molar-refractivity contribution in [1.29, 1.82) is 0 Å². The Morgan fingerprint density at radius 2 is 1.85 bits per heavy atom. The van der Waals surface area contributed by atoms with E-state index in [9.17, 15) is 9.59 Å². The van der Waals surface area contributed by atoms with E-state index < -0.39 is 17.8 Å². The molecule has 0 aliphatic carbocycles. The summed E-state index contributed by atoms with van der Waals surface area (Å²) >= 11 is 0. The Labute approximate surface area is 154 Å². The van der Waals surface area contributed by atoms with Gasteiger partial charge in [-0.05, 0) is 38.3 Å². The standard InChI is InChI=1S/C20H26N2O4/c1-5-16-12-9-13-21(22(14-16)19(24)26-20(2,3)4)18(23)25-15-17-10-7-6-8-11-17/h5-8,10-12H,1,9,13-15H2,2-4H3. The monoisotopic (exact) mass is 358 g/mol. The quantitative estimate of drug-likeness (QED) is 0.808. The fraction of sp³-hybridized carbons (Fsp3) is 0.400. The van der Waals surface area contributed by atoms with Crippen molar-refractivity contribution in [3.8, 4) is 0 Å². The fourth-order valence-electron chi connectivity index (χ4n) is 2.43. The molecule has 0 saturated heterocycles. The molecule has 6 nitrogen and oxygen atoms in total. The van der Waals surface area contributed by atoms with Crippen molar-refractivity contribution in [2.24, 2.45) is 0 Å². The number of hydrogen-bond donors (Lipinski definition) is 0. The van der Waals surface area contributed by atoms with Crippen molar-refractivity contribution in [3.63, 3.8) is 0 Å². The van der Waals surface area contributed by atoms with E-state index in [1.165, 1.54) is 10.0 Å². The summed E-state index contributed by atoms with van der Waals surface area (Å²) in [5.41, 5.74) is 1.07. The van der Waals surface area contributed by atoms with Crippen LogP contribution in [0.25, 0.3) is 0 Å². The lowest BCUT2D eigenvalue weighted by Crippen LogP contribution is -2.51. The van der Waals surface area contributed by atoms with Gasteiger partial charge < -0.3 is 9.47 Å². The summed E-state index contributed by atoms with van der Waals surface area (Å²) in [6, 6.07) is 9.40. The third kappa shape index (κ3) is 5.65. The second-order valence-electron chi connectivity index (χ2n) is 6.97. The average molecular weight is 358 g/mol. The van der Waals surface area contributed by atoms with Crippen molar-refractivity contribution >= 4 is 12.2 Å². The molecule has 0 aromatic heterocycles. The van der Waals surface area contributed by atoms with E-state index in [1.54, 1.807) is 26.8 Å². The van der Waals surface area contributed by atoms with Crippen LogP contribution in [-0.4, -0.2) is 40.9 Å². The highest BCUT2D eigenvalue weighted by Crippen LogP contribution is 2.18. The van der Waals surface area contributed by atoms with Gasteiger partial charge in [-0.15, -0.1) is 0 Å². The SMILES string of the molecule is C=CC1=CCCN(C(=O)OCc2ccccc2)N(C(=O)OC(C)(C)C)C1.